The maximum Gasteiger partial charge on any atom is 0.172 e. The van der Waals surface area contributed by atoms with Gasteiger partial charge in [0.15, 0.2) is 11.0 Å². The van der Waals surface area contributed by atoms with Crippen molar-refractivity contribution in [1.29, 1.82) is 0 Å². The van der Waals surface area contributed by atoms with Gasteiger partial charge < -0.3 is 11.1 Å². The van der Waals surface area contributed by atoms with E-state index in [2.05, 4.69) is 15.3 Å². The molecule has 0 saturated heterocycles. The summed E-state index contributed by atoms with van der Waals surface area (Å²) in [6, 6.07) is 8.12. The molecule has 3 N–H and O–H groups in total. The van der Waals surface area contributed by atoms with Crippen LogP contribution in [-0.2, 0) is 0 Å². The molecular formula is C14H17ClN4. The summed E-state index contributed by atoms with van der Waals surface area (Å²) in [5.74, 6) is 0.641. The maximum atomic E-state index is 6.19. The molecule has 5 heteroatoms. The minimum absolute atomic E-state index is 0.165. The Morgan fingerprint density at radius 1 is 1.11 bits per heavy atom. The summed E-state index contributed by atoms with van der Waals surface area (Å²) >= 11 is 6.19. The average Bonchev–Trinajstić information content (AvgIpc) is 2.42. The first-order chi connectivity index (χ1) is 9.24. The van der Waals surface area contributed by atoms with Crippen LogP contribution in [0.25, 0.3) is 11.0 Å². The topological polar surface area (TPSA) is 63.8 Å². The predicted molar refractivity (Wildman–Crippen MR) is 78.4 cm³/mol. The molecular weight excluding hydrogens is 260 g/mol. The van der Waals surface area contributed by atoms with Gasteiger partial charge in [0.1, 0.15) is 0 Å². The second-order valence-corrected chi connectivity index (χ2v) is 5.41. The van der Waals surface area contributed by atoms with Crippen LogP contribution < -0.4 is 11.1 Å². The van der Waals surface area contributed by atoms with E-state index in [4.69, 9.17) is 17.3 Å². The van der Waals surface area contributed by atoms with Gasteiger partial charge in [0, 0.05) is 12.1 Å². The fraction of sp³-hybridized carbons (Fsp3) is 0.429. The van der Waals surface area contributed by atoms with Gasteiger partial charge in [0.2, 0.25) is 0 Å². The van der Waals surface area contributed by atoms with Gasteiger partial charge in [0.25, 0.3) is 0 Å². The van der Waals surface area contributed by atoms with Crippen LogP contribution in [0, 0.1) is 0 Å². The third kappa shape index (κ3) is 2.65. The summed E-state index contributed by atoms with van der Waals surface area (Å²) < 4.78 is 0. The van der Waals surface area contributed by atoms with E-state index in [0.717, 1.165) is 23.9 Å². The van der Waals surface area contributed by atoms with Gasteiger partial charge in [-0.3, -0.25) is 0 Å². The van der Waals surface area contributed by atoms with Gasteiger partial charge in [-0.1, -0.05) is 36.6 Å². The van der Waals surface area contributed by atoms with Crippen LogP contribution in [0.2, 0.25) is 5.15 Å². The molecule has 0 aliphatic heterocycles. The first-order valence-electron chi connectivity index (χ1n) is 6.68. The number of fused-ring (bicyclic) bond motifs is 1. The Hall–Kier alpha value is -1.39. The highest BCUT2D eigenvalue weighted by Gasteiger charge is 2.23. The second-order valence-electron chi connectivity index (χ2n) is 5.05. The van der Waals surface area contributed by atoms with Crippen LogP contribution in [-0.4, -0.2) is 22.1 Å². The number of nitrogens with one attached hydrogen (secondary N) is 1. The summed E-state index contributed by atoms with van der Waals surface area (Å²) in [6.07, 6.45) is 4.52. The predicted octanol–water partition coefficient (Wildman–Crippen LogP) is 2.97. The van der Waals surface area contributed by atoms with E-state index < -0.39 is 0 Å². The maximum absolute atomic E-state index is 6.19. The van der Waals surface area contributed by atoms with Gasteiger partial charge in [-0.2, -0.15) is 0 Å². The first kappa shape index (κ1) is 12.6. The van der Waals surface area contributed by atoms with Crippen molar-refractivity contribution in [2.75, 3.05) is 5.32 Å². The van der Waals surface area contributed by atoms with Crippen LogP contribution in [0.3, 0.4) is 0 Å². The minimum atomic E-state index is 0.165. The molecule has 1 aromatic heterocycles. The first-order valence-corrected chi connectivity index (χ1v) is 7.06. The molecule has 1 aliphatic carbocycles. The van der Waals surface area contributed by atoms with Crippen molar-refractivity contribution in [1.82, 2.24) is 9.97 Å². The van der Waals surface area contributed by atoms with Crippen molar-refractivity contribution in [2.45, 2.75) is 37.8 Å². The molecule has 0 amide bonds. The molecule has 1 fully saturated rings. The number of halogens is 1. The number of benzene rings is 1. The summed E-state index contributed by atoms with van der Waals surface area (Å²) in [5.41, 5.74) is 7.79. The standard InChI is InChI=1S/C14H17ClN4/c15-13-14(18-10-6-2-1-5-9(10)16)19-12-8-4-3-7-11(12)17-13/h3-4,7-10H,1-2,5-6,16H2,(H,18,19). The lowest BCUT2D eigenvalue weighted by molar-refractivity contribution is 0.403. The molecule has 1 aliphatic rings. The van der Waals surface area contributed by atoms with E-state index in [1.807, 2.05) is 24.3 Å². The quantitative estimate of drug-likeness (QED) is 0.885. The lowest BCUT2D eigenvalue weighted by Gasteiger charge is -2.29. The lowest BCUT2D eigenvalue weighted by Crippen LogP contribution is -2.42. The van der Waals surface area contributed by atoms with Crippen molar-refractivity contribution >= 4 is 28.5 Å². The molecule has 0 spiro atoms. The molecule has 19 heavy (non-hydrogen) atoms. The molecule has 1 heterocycles. The normalized spacial score (nSPS) is 23.5. The van der Waals surface area contributed by atoms with Crippen molar-refractivity contribution in [3.05, 3.63) is 29.4 Å². The number of hydrogen-bond acceptors (Lipinski definition) is 4. The molecule has 3 rings (SSSR count). The Kier molecular flexibility index (Phi) is 3.53. The Balaban J connectivity index is 1.89. The van der Waals surface area contributed by atoms with Crippen molar-refractivity contribution in [3.8, 4) is 0 Å². The average molecular weight is 277 g/mol. The molecule has 4 nitrogen and oxygen atoms in total. The second kappa shape index (κ2) is 5.31. The molecule has 1 saturated carbocycles. The molecule has 2 atom stereocenters. The molecule has 2 unspecified atom stereocenters. The summed E-state index contributed by atoms with van der Waals surface area (Å²) in [7, 11) is 0. The minimum Gasteiger partial charge on any atom is -0.363 e. The highest BCUT2D eigenvalue weighted by molar-refractivity contribution is 6.32. The van der Waals surface area contributed by atoms with Gasteiger partial charge in [0.05, 0.1) is 11.0 Å². The lowest BCUT2D eigenvalue weighted by atomic mass is 9.91. The Bertz CT molecular complexity index is 587. The van der Waals surface area contributed by atoms with Crippen LogP contribution in [0.5, 0.6) is 0 Å². The summed E-state index contributed by atoms with van der Waals surface area (Å²) in [5, 5.41) is 3.77. The third-order valence-electron chi connectivity index (χ3n) is 3.67. The van der Waals surface area contributed by atoms with E-state index in [1.165, 1.54) is 12.8 Å². The zero-order chi connectivity index (χ0) is 13.2. The van der Waals surface area contributed by atoms with Crippen molar-refractivity contribution < 1.29 is 0 Å². The fourth-order valence-electron chi connectivity index (χ4n) is 2.58. The van der Waals surface area contributed by atoms with Crippen LogP contribution in [0.1, 0.15) is 25.7 Å². The number of nitrogens with two attached hydrogens (primary N) is 1. The van der Waals surface area contributed by atoms with Gasteiger partial charge in [-0.05, 0) is 25.0 Å². The summed E-state index contributed by atoms with van der Waals surface area (Å²) in [4.78, 5) is 8.91. The van der Waals surface area contributed by atoms with Crippen molar-refractivity contribution in [3.63, 3.8) is 0 Å². The number of hydrogen-bond donors (Lipinski definition) is 2. The summed E-state index contributed by atoms with van der Waals surface area (Å²) in [6.45, 7) is 0. The monoisotopic (exact) mass is 276 g/mol. The number of rotatable bonds is 2. The zero-order valence-corrected chi connectivity index (χ0v) is 11.4. The smallest absolute Gasteiger partial charge is 0.172 e. The SMILES string of the molecule is NC1CCCCC1Nc1nc2ccccc2nc1Cl. The number of nitrogens with zero attached hydrogens (tertiary/aromatic N) is 2. The van der Waals surface area contributed by atoms with E-state index >= 15 is 0 Å². The Morgan fingerprint density at radius 3 is 2.53 bits per heavy atom. The van der Waals surface area contributed by atoms with Crippen molar-refractivity contribution in [2.24, 2.45) is 5.73 Å². The molecule has 1 aromatic carbocycles. The fourth-order valence-corrected chi connectivity index (χ4v) is 2.77. The van der Waals surface area contributed by atoms with Crippen LogP contribution in [0.4, 0.5) is 5.82 Å². The molecule has 0 radical (unpaired) electrons. The van der Waals surface area contributed by atoms with Gasteiger partial charge in [-0.15, -0.1) is 0 Å². The zero-order valence-electron chi connectivity index (χ0n) is 10.6. The number of para-hydroxylation sites is 2. The van der Waals surface area contributed by atoms with Crippen LogP contribution >= 0.6 is 11.6 Å². The van der Waals surface area contributed by atoms with Gasteiger partial charge in [-0.25, -0.2) is 9.97 Å². The highest BCUT2D eigenvalue weighted by Crippen LogP contribution is 2.25. The number of aromatic nitrogens is 2. The highest BCUT2D eigenvalue weighted by atomic mass is 35.5. The van der Waals surface area contributed by atoms with Gasteiger partial charge >= 0.3 is 0 Å². The molecule has 0 bridgehead atoms. The van der Waals surface area contributed by atoms with E-state index in [9.17, 15) is 0 Å². The Labute approximate surface area is 117 Å². The third-order valence-corrected chi connectivity index (χ3v) is 3.93. The Morgan fingerprint density at radius 2 is 1.79 bits per heavy atom. The van der Waals surface area contributed by atoms with Crippen LogP contribution in [0.15, 0.2) is 24.3 Å². The van der Waals surface area contributed by atoms with E-state index in [0.29, 0.717) is 11.0 Å². The van der Waals surface area contributed by atoms with E-state index in [-0.39, 0.29) is 12.1 Å². The molecule has 2 aromatic rings. The number of anilines is 1. The molecule has 100 valence electrons. The van der Waals surface area contributed by atoms with E-state index in [1.54, 1.807) is 0 Å². The largest absolute Gasteiger partial charge is 0.363 e.